The number of benzene rings is 2. The Hall–Kier alpha value is -3.12. The second-order valence-electron chi connectivity index (χ2n) is 5.13. The summed E-state index contributed by atoms with van der Waals surface area (Å²) in [6.07, 6.45) is 3.13. The lowest BCUT2D eigenvalue weighted by molar-refractivity contribution is -0.120. The monoisotopic (exact) mass is 371 g/mol. The molecule has 0 aliphatic carbocycles. The van der Waals surface area contributed by atoms with Gasteiger partial charge >= 0.3 is 0 Å². The van der Waals surface area contributed by atoms with Crippen LogP contribution in [0.4, 0.5) is 0 Å². The van der Waals surface area contributed by atoms with E-state index in [1.165, 1.54) is 6.21 Å². The number of halogens is 1. The quantitative estimate of drug-likeness (QED) is 0.425. The van der Waals surface area contributed by atoms with Crippen molar-refractivity contribution in [1.29, 1.82) is 0 Å². The van der Waals surface area contributed by atoms with Crippen LogP contribution in [0.5, 0.6) is 5.75 Å². The Balaban J connectivity index is 1.81. The zero-order chi connectivity index (χ0) is 18.8. The molecule has 7 heteroatoms. The lowest BCUT2D eigenvalue weighted by atomic mass is 10.2. The van der Waals surface area contributed by atoms with Crippen LogP contribution in [0.25, 0.3) is 0 Å². The van der Waals surface area contributed by atoms with Crippen molar-refractivity contribution in [2.45, 2.75) is 0 Å². The SMILES string of the molecule is C=CCOc1cccc(/C=N\NC(=O)CNC(=O)c2ccccc2Cl)c1. The summed E-state index contributed by atoms with van der Waals surface area (Å²) in [6, 6.07) is 13.8. The Morgan fingerprint density at radius 3 is 2.77 bits per heavy atom. The molecule has 0 aliphatic heterocycles. The number of nitrogens with one attached hydrogen (secondary N) is 2. The van der Waals surface area contributed by atoms with Crippen LogP contribution in [0.15, 0.2) is 66.3 Å². The van der Waals surface area contributed by atoms with Gasteiger partial charge in [0, 0.05) is 0 Å². The van der Waals surface area contributed by atoms with E-state index in [0.29, 0.717) is 22.9 Å². The Labute approximate surface area is 156 Å². The van der Waals surface area contributed by atoms with E-state index in [2.05, 4.69) is 22.4 Å². The summed E-state index contributed by atoms with van der Waals surface area (Å²) in [6.45, 7) is 3.77. The molecule has 2 aromatic carbocycles. The minimum Gasteiger partial charge on any atom is -0.490 e. The number of hydrazone groups is 1. The van der Waals surface area contributed by atoms with Gasteiger partial charge in [0.05, 0.1) is 23.3 Å². The number of amides is 2. The van der Waals surface area contributed by atoms with Gasteiger partial charge in [0.2, 0.25) is 0 Å². The summed E-state index contributed by atoms with van der Waals surface area (Å²) in [4.78, 5) is 23.7. The molecule has 0 aliphatic rings. The van der Waals surface area contributed by atoms with Gasteiger partial charge in [-0.25, -0.2) is 5.43 Å². The van der Waals surface area contributed by atoms with E-state index in [1.54, 1.807) is 36.4 Å². The average Bonchev–Trinajstić information content (AvgIpc) is 2.65. The highest BCUT2D eigenvalue weighted by Crippen LogP contribution is 2.14. The number of carbonyl (C=O) groups excluding carboxylic acids is 2. The number of carbonyl (C=O) groups is 2. The van der Waals surface area contributed by atoms with Crippen molar-refractivity contribution >= 4 is 29.6 Å². The number of rotatable bonds is 8. The van der Waals surface area contributed by atoms with Crippen molar-refractivity contribution in [3.8, 4) is 5.75 Å². The highest BCUT2D eigenvalue weighted by molar-refractivity contribution is 6.33. The first-order valence-electron chi connectivity index (χ1n) is 7.78. The molecule has 0 spiro atoms. The fourth-order valence-electron chi connectivity index (χ4n) is 1.96. The largest absolute Gasteiger partial charge is 0.490 e. The van der Waals surface area contributed by atoms with Crippen LogP contribution in [0.1, 0.15) is 15.9 Å². The van der Waals surface area contributed by atoms with Crippen molar-refractivity contribution in [3.63, 3.8) is 0 Å². The Morgan fingerprint density at radius 1 is 1.19 bits per heavy atom. The van der Waals surface area contributed by atoms with Gasteiger partial charge in [-0.2, -0.15) is 5.10 Å². The summed E-state index contributed by atoms with van der Waals surface area (Å²) in [5.74, 6) is -0.213. The van der Waals surface area contributed by atoms with Gasteiger partial charge in [-0.1, -0.05) is 48.5 Å². The van der Waals surface area contributed by atoms with E-state index in [9.17, 15) is 9.59 Å². The van der Waals surface area contributed by atoms with Crippen molar-refractivity contribution in [1.82, 2.24) is 10.7 Å². The van der Waals surface area contributed by atoms with Gasteiger partial charge in [0.15, 0.2) is 0 Å². The van der Waals surface area contributed by atoms with Crippen LogP contribution >= 0.6 is 11.6 Å². The fraction of sp³-hybridized carbons (Fsp3) is 0.105. The van der Waals surface area contributed by atoms with Gasteiger partial charge in [0.1, 0.15) is 12.4 Å². The molecule has 0 fully saturated rings. The Kier molecular flexibility index (Phi) is 7.39. The summed E-state index contributed by atoms with van der Waals surface area (Å²) < 4.78 is 5.41. The average molecular weight is 372 g/mol. The molecule has 6 nitrogen and oxygen atoms in total. The zero-order valence-corrected chi connectivity index (χ0v) is 14.7. The molecule has 0 saturated carbocycles. The minimum absolute atomic E-state index is 0.218. The predicted molar refractivity (Wildman–Crippen MR) is 102 cm³/mol. The minimum atomic E-state index is -0.458. The van der Waals surface area contributed by atoms with Gasteiger partial charge in [-0.3, -0.25) is 9.59 Å². The molecule has 2 aromatic rings. The number of hydrogen-bond acceptors (Lipinski definition) is 4. The lowest BCUT2D eigenvalue weighted by Crippen LogP contribution is -2.35. The van der Waals surface area contributed by atoms with Crippen molar-refractivity contribution in [3.05, 3.63) is 77.3 Å². The van der Waals surface area contributed by atoms with E-state index in [-0.39, 0.29) is 6.54 Å². The summed E-state index contributed by atoms with van der Waals surface area (Å²) >= 11 is 5.93. The van der Waals surface area contributed by atoms with Gasteiger partial charge in [-0.15, -0.1) is 0 Å². The van der Waals surface area contributed by atoms with Crippen LogP contribution < -0.4 is 15.5 Å². The smallest absolute Gasteiger partial charge is 0.259 e. The van der Waals surface area contributed by atoms with Crippen LogP contribution in [-0.2, 0) is 4.79 Å². The first kappa shape index (κ1) is 19.2. The van der Waals surface area contributed by atoms with E-state index >= 15 is 0 Å². The van der Waals surface area contributed by atoms with Crippen LogP contribution in [0.3, 0.4) is 0 Å². The lowest BCUT2D eigenvalue weighted by Gasteiger charge is -2.05. The van der Waals surface area contributed by atoms with E-state index in [0.717, 1.165) is 5.56 Å². The molecule has 0 bridgehead atoms. The molecule has 134 valence electrons. The molecule has 0 saturated heterocycles. The van der Waals surface area contributed by atoms with Gasteiger partial charge < -0.3 is 10.1 Å². The van der Waals surface area contributed by atoms with Crippen LogP contribution in [0.2, 0.25) is 5.02 Å². The number of ether oxygens (including phenoxy) is 1. The Morgan fingerprint density at radius 2 is 2.00 bits per heavy atom. The fourth-order valence-corrected chi connectivity index (χ4v) is 2.18. The normalized spacial score (nSPS) is 10.3. The van der Waals surface area contributed by atoms with Crippen LogP contribution in [0, 0.1) is 0 Å². The molecular weight excluding hydrogens is 354 g/mol. The first-order valence-corrected chi connectivity index (χ1v) is 8.16. The second kappa shape index (κ2) is 10.0. The summed E-state index contributed by atoms with van der Waals surface area (Å²) in [5.41, 5.74) is 3.40. The maximum atomic E-state index is 12.0. The first-order chi connectivity index (χ1) is 12.6. The van der Waals surface area contributed by atoms with E-state index in [1.807, 2.05) is 18.2 Å². The van der Waals surface area contributed by atoms with Gasteiger partial charge in [-0.05, 0) is 29.8 Å². The molecule has 2 amide bonds. The molecule has 0 unspecified atom stereocenters. The summed E-state index contributed by atoms with van der Waals surface area (Å²) in [7, 11) is 0. The second-order valence-corrected chi connectivity index (χ2v) is 5.54. The topological polar surface area (TPSA) is 79.8 Å². The third kappa shape index (κ3) is 6.07. The maximum Gasteiger partial charge on any atom is 0.259 e. The zero-order valence-electron chi connectivity index (χ0n) is 13.9. The molecule has 0 heterocycles. The number of hydrogen-bond donors (Lipinski definition) is 2. The van der Waals surface area contributed by atoms with Crippen molar-refractivity contribution in [2.75, 3.05) is 13.2 Å². The van der Waals surface area contributed by atoms with Gasteiger partial charge in [0.25, 0.3) is 11.8 Å². The van der Waals surface area contributed by atoms with E-state index < -0.39 is 11.8 Å². The van der Waals surface area contributed by atoms with Crippen molar-refractivity contribution < 1.29 is 14.3 Å². The number of nitrogens with zero attached hydrogens (tertiary/aromatic N) is 1. The predicted octanol–water partition coefficient (Wildman–Crippen LogP) is 2.78. The molecule has 2 rings (SSSR count). The molecular formula is C19H18ClN3O3. The molecule has 0 aromatic heterocycles. The molecule has 0 radical (unpaired) electrons. The standard InChI is InChI=1S/C19H18ClN3O3/c1-2-10-26-15-7-5-6-14(11-15)12-22-23-18(24)13-21-19(25)16-8-3-4-9-17(16)20/h2-9,11-12H,1,10,13H2,(H,21,25)(H,23,24)/b22-12-. The highest BCUT2D eigenvalue weighted by atomic mass is 35.5. The molecule has 2 N–H and O–H groups in total. The van der Waals surface area contributed by atoms with E-state index in [4.69, 9.17) is 16.3 Å². The third-order valence-corrected chi connectivity index (χ3v) is 3.49. The van der Waals surface area contributed by atoms with Crippen LogP contribution in [-0.4, -0.2) is 31.2 Å². The molecule has 0 atom stereocenters. The Bertz CT molecular complexity index is 821. The highest BCUT2D eigenvalue weighted by Gasteiger charge is 2.10. The van der Waals surface area contributed by atoms with Crippen molar-refractivity contribution in [2.24, 2.45) is 5.10 Å². The maximum absolute atomic E-state index is 12.0. The third-order valence-electron chi connectivity index (χ3n) is 3.16. The molecule has 26 heavy (non-hydrogen) atoms. The summed E-state index contributed by atoms with van der Waals surface area (Å²) in [5, 5.41) is 6.66.